The predicted octanol–water partition coefficient (Wildman–Crippen LogP) is 3.35. The molecule has 0 saturated heterocycles. The predicted molar refractivity (Wildman–Crippen MR) is 69.8 cm³/mol. The van der Waals surface area contributed by atoms with Crippen molar-refractivity contribution in [3.8, 4) is 5.75 Å². The normalized spacial score (nSPS) is 17.4. The molecule has 1 aliphatic heterocycles. The lowest BCUT2D eigenvalue weighted by Gasteiger charge is -2.12. The number of hydrogen-bond acceptors (Lipinski definition) is 2. The SMILES string of the molecule is Cc1cccc(C2C(=O)Oc3ccccc32)c1C. The van der Waals surface area contributed by atoms with E-state index in [2.05, 4.69) is 19.9 Å². The van der Waals surface area contributed by atoms with Crippen molar-refractivity contribution in [3.05, 3.63) is 64.7 Å². The fraction of sp³-hybridized carbons (Fsp3) is 0.188. The van der Waals surface area contributed by atoms with Gasteiger partial charge in [0, 0.05) is 5.56 Å². The van der Waals surface area contributed by atoms with Crippen molar-refractivity contribution < 1.29 is 9.53 Å². The van der Waals surface area contributed by atoms with E-state index in [0.29, 0.717) is 5.75 Å². The molecule has 0 aromatic heterocycles. The highest BCUT2D eigenvalue weighted by molar-refractivity contribution is 5.89. The second-order valence-electron chi connectivity index (χ2n) is 4.68. The maximum atomic E-state index is 12.1. The topological polar surface area (TPSA) is 26.3 Å². The molecule has 3 rings (SSSR count). The molecule has 0 fully saturated rings. The fourth-order valence-corrected chi connectivity index (χ4v) is 2.49. The highest BCUT2D eigenvalue weighted by Crippen LogP contribution is 2.40. The minimum absolute atomic E-state index is 0.176. The van der Waals surface area contributed by atoms with E-state index in [4.69, 9.17) is 4.74 Å². The lowest BCUT2D eigenvalue weighted by molar-refractivity contribution is -0.133. The van der Waals surface area contributed by atoms with E-state index in [9.17, 15) is 4.79 Å². The van der Waals surface area contributed by atoms with Crippen molar-refractivity contribution in [2.24, 2.45) is 0 Å². The molecule has 0 saturated carbocycles. The van der Waals surface area contributed by atoms with E-state index in [0.717, 1.165) is 16.7 Å². The first-order chi connectivity index (χ1) is 8.68. The summed E-state index contributed by atoms with van der Waals surface area (Å²) in [6.07, 6.45) is 0. The lowest BCUT2D eigenvalue weighted by Crippen LogP contribution is -2.13. The fourth-order valence-electron chi connectivity index (χ4n) is 2.49. The first-order valence-corrected chi connectivity index (χ1v) is 6.05. The molecule has 1 atom stereocenters. The third-order valence-electron chi connectivity index (χ3n) is 3.63. The van der Waals surface area contributed by atoms with Crippen LogP contribution in [0.5, 0.6) is 5.75 Å². The van der Waals surface area contributed by atoms with Crippen LogP contribution >= 0.6 is 0 Å². The molecule has 2 nitrogen and oxygen atoms in total. The number of rotatable bonds is 1. The van der Waals surface area contributed by atoms with Crippen LogP contribution in [-0.2, 0) is 4.79 Å². The summed E-state index contributed by atoms with van der Waals surface area (Å²) >= 11 is 0. The van der Waals surface area contributed by atoms with Crippen molar-refractivity contribution in [3.63, 3.8) is 0 Å². The number of para-hydroxylation sites is 1. The van der Waals surface area contributed by atoms with Crippen LogP contribution in [0.15, 0.2) is 42.5 Å². The molecule has 1 aliphatic rings. The van der Waals surface area contributed by atoms with Crippen LogP contribution in [0.2, 0.25) is 0 Å². The molecule has 1 unspecified atom stereocenters. The molecule has 0 amide bonds. The van der Waals surface area contributed by atoms with Crippen LogP contribution in [0.25, 0.3) is 0 Å². The number of esters is 1. The van der Waals surface area contributed by atoms with Crippen molar-refractivity contribution in [1.29, 1.82) is 0 Å². The summed E-state index contributed by atoms with van der Waals surface area (Å²) in [5.74, 6) is 0.236. The highest BCUT2D eigenvalue weighted by atomic mass is 16.5. The summed E-state index contributed by atoms with van der Waals surface area (Å²) in [5.41, 5.74) is 4.38. The van der Waals surface area contributed by atoms with Gasteiger partial charge in [-0.15, -0.1) is 0 Å². The summed E-state index contributed by atoms with van der Waals surface area (Å²) in [6.45, 7) is 4.11. The molecule has 0 aliphatic carbocycles. The second-order valence-corrected chi connectivity index (χ2v) is 4.68. The van der Waals surface area contributed by atoms with E-state index in [1.165, 1.54) is 5.56 Å². The Bertz CT molecular complexity index is 629. The van der Waals surface area contributed by atoms with Gasteiger partial charge in [0.1, 0.15) is 11.7 Å². The Balaban J connectivity index is 2.18. The van der Waals surface area contributed by atoms with E-state index in [1.807, 2.05) is 36.4 Å². The minimum Gasteiger partial charge on any atom is -0.425 e. The smallest absolute Gasteiger partial charge is 0.323 e. The maximum absolute atomic E-state index is 12.1. The van der Waals surface area contributed by atoms with Gasteiger partial charge in [0.25, 0.3) is 0 Å². The first kappa shape index (κ1) is 11.0. The first-order valence-electron chi connectivity index (χ1n) is 6.05. The average molecular weight is 238 g/mol. The standard InChI is InChI=1S/C16H14O2/c1-10-6-5-8-12(11(10)2)15-13-7-3-4-9-14(13)18-16(15)17/h3-9,15H,1-2H3. The number of fused-ring (bicyclic) bond motifs is 1. The number of benzene rings is 2. The lowest BCUT2D eigenvalue weighted by atomic mass is 9.88. The monoisotopic (exact) mass is 238 g/mol. The zero-order chi connectivity index (χ0) is 12.7. The summed E-state index contributed by atoms with van der Waals surface area (Å²) in [5, 5.41) is 0. The van der Waals surface area contributed by atoms with Gasteiger partial charge in [-0.2, -0.15) is 0 Å². The molecule has 0 radical (unpaired) electrons. The van der Waals surface area contributed by atoms with Crippen LogP contribution in [0.3, 0.4) is 0 Å². The molecule has 2 aromatic carbocycles. The Kier molecular flexibility index (Phi) is 2.44. The quantitative estimate of drug-likeness (QED) is 0.562. The van der Waals surface area contributed by atoms with Gasteiger partial charge in [0.15, 0.2) is 0 Å². The van der Waals surface area contributed by atoms with Crippen LogP contribution in [-0.4, -0.2) is 5.97 Å². The van der Waals surface area contributed by atoms with E-state index in [-0.39, 0.29) is 11.9 Å². The Morgan fingerprint density at radius 3 is 2.50 bits per heavy atom. The van der Waals surface area contributed by atoms with Crippen molar-refractivity contribution in [2.75, 3.05) is 0 Å². The summed E-state index contributed by atoms with van der Waals surface area (Å²) < 4.78 is 5.33. The molecular formula is C16H14O2. The van der Waals surface area contributed by atoms with Gasteiger partial charge in [-0.3, -0.25) is 4.79 Å². The van der Waals surface area contributed by atoms with Crippen LogP contribution in [0, 0.1) is 13.8 Å². The van der Waals surface area contributed by atoms with E-state index >= 15 is 0 Å². The Labute approximate surface area is 106 Å². The highest BCUT2D eigenvalue weighted by Gasteiger charge is 2.34. The van der Waals surface area contributed by atoms with E-state index < -0.39 is 0 Å². The zero-order valence-corrected chi connectivity index (χ0v) is 10.4. The van der Waals surface area contributed by atoms with Gasteiger partial charge >= 0.3 is 5.97 Å². The molecule has 1 heterocycles. The van der Waals surface area contributed by atoms with Gasteiger partial charge in [0.05, 0.1) is 0 Å². The number of carbonyl (C=O) groups is 1. The largest absolute Gasteiger partial charge is 0.425 e. The molecule has 2 heteroatoms. The van der Waals surface area contributed by atoms with Crippen molar-refractivity contribution in [2.45, 2.75) is 19.8 Å². The summed E-state index contributed by atoms with van der Waals surface area (Å²) in [6, 6.07) is 13.7. The number of aryl methyl sites for hydroxylation is 1. The molecule has 0 bridgehead atoms. The molecule has 0 spiro atoms. The molecule has 0 N–H and O–H groups in total. The zero-order valence-electron chi connectivity index (χ0n) is 10.4. The van der Waals surface area contributed by atoms with Gasteiger partial charge in [-0.05, 0) is 36.6 Å². The average Bonchev–Trinajstić information content (AvgIpc) is 2.69. The molecule has 90 valence electrons. The Morgan fingerprint density at radius 2 is 1.67 bits per heavy atom. The number of carbonyl (C=O) groups excluding carboxylic acids is 1. The summed E-state index contributed by atoms with van der Waals surface area (Å²) in [4.78, 5) is 12.1. The molecule has 2 aromatic rings. The number of hydrogen-bond donors (Lipinski definition) is 0. The van der Waals surface area contributed by atoms with Gasteiger partial charge < -0.3 is 4.74 Å². The van der Waals surface area contributed by atoms with Crippen LogP contribution in [0.4, 0.5) is 0 Å². The maximum Gasteiger partial charge on any atom is 0.323 e. The number of ether oxygens (including phenoxy) is 1. The second kappa shape index (κ2) is 3.98. The van der Waals surface area contributed by atoms with Gasteiger partial charge in [-0.1, -0.05) is 36.4 Å². The van der Waals surface area contributed by atoms with E-state index in [1.54, 1.807) is 0 Å². The Morgan fingerprint density at radius 1 is 0.944 bits per heavy atom. The third-order valence-corrected chi connectivity index (χ3v) is 3.63. The van der Waals surface area contributed by atoms with Gasteiger partial charge in [0.2, 0.25) is 0 Å². The molecule has 18 heavy (non-hydrogen) atoms. The van der Waals surface area contributed by atoms with Crippen molar-refractivity contribution in [1.82, 2.24) is 0 Å². The summed E-state index contributed by atoms with van der Waals surface area (Å²) in [7, 11) is 0. The van der Waals surface area contributed by atoms with Gasteiger partial charge in [-0.25, -0.2) is 0 Å². The van der Waals surface area contributed by atoms with Crippen molar-refractivity contribution >= 4 is 5.97 Å². The van der Waals surface area contributed by atoms with Crippen LogP contribution in [0.1, 0.15) is 28.2 Å². The third kappa shape index (κ3) is 1.53. The van der Waals surface area contributed by atoms with Crippen LogP contribution < -0.4 is 4.74 Å². The Hall–Kier alpha value is -2.09. The minimum atomic E-state index is -0.277. The molecular weight excluding hydrogens is 224 g/mol.